The zero-order chi connectivity index (χ0) is 13.1. The number of morpholine rings is 1. The van der Waals surface area contributed by atoms with Crippen molar-refractivity contribution in [2.45, 2.75) is 32.6 Å². The average molecular weight is 272 g/mol. The van der Waals surface area contributed by atoms with E-state index < -0.39 is 0 Å². The van der Waals surface area contributed by atoms with Crippen LogP contribution in [0.1, 0.15) is 18.1 Å². The van der Waals surface area contributed by atoms with Crippen LogP contribution in [0.25, 0.3) is 0 Å². The Labute approximate surface area is 113 Å². The summed E-state index contributed by atoms with van der Waals surface area (Å²) in [4.78, 5) is 2.28. The summed E-state index contributed by atoms with van der Waals surface area (Å²) in [5.41, 5.74) is 2.16. The van der Waals surface area contributed by atoms with E-state index in [9.17, 15) is 4.39 Å². The van der Waals surface area contributed by atoms with Crippen molar-refractivity contribution in [3.63, 3.8) is 0 Å². The molecular weight excluding hydrogens is 253 g/mol. The number of benzene rings is 1. The molecule has 4 heteroatoms. The molecular formula is C14H19ClFNO. The first-order valence-corrected chi connectivity index (χ1v) is 6.80. The van der Waals surface area contributed by atoms with Gasteiger partial charge in [0.2, 0.25) is 0 Å². The molecule has 1 heterocycles. The van der Waals surface area contributed by atoms with Crippen molar-refractivity contribution >= 4 is 11.6 Å². The van der Waals surface area contributed by atoms with Crippen LogP contribution in [0.2, 0.25) is 0 Å². The first-order chi connectivity index (χ1) is 8.58. The summed E-state index contributed by atoms with van der Waals surface area (Å²) >= 11 is 5.86. The molecule has 0 spiro atoms. The van der Waals surface area contributed by atoms with E-state index in [4.69, 9.17) is 16.3 Å². The van der Waals surface area contributed by atoms with Crippen molar-refractivity contribution in [1.82, 2.24) is 4.90 Å². The molecule has 0 aliphatic carbocycles. The van der Waals surface area contributed by atoms with Crippen molar-refractivity contribution in [1.29, 1.82) is 0 Å². The van der Waals surface area contributed by atoms with Gasteiger partial charge in [-0.25, -0.2) is 4.39 Å². The largest absolute Gasteiger partial charge is 0.371 e. The van der Waals surface area contributed by atoms with E-state index in [-0.39, 0.29) is 18.0 Å². The van der Waals surface area contributed by atoms with E-state index in [1.807, 2.05) is 19.9 Å². The molecule has 0 N–H and O–H groups in total. The molecule has 0 bridgehead atoms. The standard InChI is InChI=1S/C14H19ClFNO/c1-10-3-4-13(16)5-12(10)8-17-7-11(2)18-14(6-15)9-17/h3-5,11,14H,6-9H2,1-2H3. The van der Waals surface area contributed by atoms with Crippen LogP contribution in [0.15, 0.2) is 18.2 Å². The van der Waals surface area contributed by atoms with Crippen LogP contribution in [0.4, 0.5) is 4.39 Å². The second-order valence-corrected chi connectivity index (χ2v) is 5.30. The molecule has 100 valence electrons. The van der Waals surface area contributed by atoms with Crippen LogP contribution in [0, 0.1) is 12.7 Å². The first kappa shape index (κ1) is 13.8. The highest BCUT2D eigenvalue weighted by Crippen LogP contribution is 2.18. The van der Waals surface area contributed by atoms with Crippen molar-refractivity contribution in [3.8, 4) is 0 Å². The number of hydrogen-bond acceptors (Lipinski definition) is 2. The monoisotopic (exact) mass is 271 g/mol. The molecule has 1 saturated heterocycles. The van der Waals surface area contributed by atoms with Crippen LogP contribution in [0.5, 0.6) is 0 Å². The molecule has 0 radical (unpaired) electrons. The fourth-order valence-corrected chi connectivity index (χ4v) is 2.58. The van der Waals surface area contributed by atoms with Gasteiger partial charge in [0.05, 0.1) is 12.2 Å². The van der Waals surface area contributed by atoms with Gasteiger partial charge in [0.25, 0.3) is 0 Å². The van der Waals surface area contributed by atoms with Gasteiger partial charge in [-0.1, -0.05) is 6.07 Å². The Bertz CT molecular complexity index is 413. The highest BCUT2D eigenvalue weighted by molar-refractivity contribution is 6.18. The van der Waals surface area contributed by atoms with Crippen molar-refractivity contribution in [2.24, 2.45) is 0 Å². The van der Waals surface area contributed by atoms with Gasteiger partial charge in [-0.05, 0) is 37.1 Å². The Balaban J connectivity index is 2.06. The third-order valence-corrected chi connectivity index (χ3v) is 3.62. The molecule has 1 fully saturated rings. The van der Waals surface area contributed by atoms with Gasteiger partial charge >= 0.3 is 0 Å². The van der Waals surface area contributed by atoms with Gasteiger partial charge in [-0.3, -0.25) is 4.90 Å². The lowest BCUT2D eigenvalue weighted by atomic mass is 10.1. The molecule has 2 atom stereocenters. The molecule has 1 aliphatic heterocycles. The number of nitrogens with zero attached hydrogens (tertiary/aromatic N) is 1. The summed E-state index contributed by atoms with van der Waals surface area (Å²) in [5, 5.41) is 0. The minimum atomic E-state index is -0.175. The van der Waals surface area contributed by atoms with Gasteiger partial charge < -0.3 is 4.74 Å². The van der Waals surface area contributed by atoms with E-state index >= 15 is 0 Å². The fraction of sp³-hybridized carbons (Fsp3) is 0.571. The topological polar surface area (TPSA) is 12.5 Å². The summed E-state index contributed by atoms with van der Waals surface area (Å²) in [6, 6.07) is 4.95. The maximum Gasteiger partial charge on any atom is 0.123 e. The third kappa shape index (κ3) is 3.44. The van der Waals surface area contributed by atoms with Gasteiger partial charge in [0.1, 0.15) is 5.82 Å². The SMILES string of the molecule is Cc1ccc(F)cc1CN1CC(C)OC(CCl)C1. The zero-order valence-electron chi connectivity index (χ0n) is 10.8. The Hall–Kier alpha value is -0.640. The minimum Gasteiger partial charge on any atom is -0.371 e. The lowest BCUT2D eigenvalue weighted by molar-refractivity contribution is -0.0689. The number of hydrogen-bond donors (Lipinski definition) is 0. The first-order valence-electron chi connectivity index (χ1n) is 6.27. The number of alkyl halides is 1. The van der Waals surface area contributed by atoms with Crippen molar-refractivity contribution < 1.29 is 9.13 Å². The van der Waals surface area contributed by atoms with E-state index in [1.165, 1.54) is 6.07 Å². The predicted octanol–water partition coefficient (Wildman–Crippen LogP) is 2.96. The van der Waals surface area contributed by atoms with Crippen LogP contribution in [-0.4, -0.2) is 36.1 Å². The average Bonchev–Trinajstić information content (AvgIpc) is 2.33. The lowest BCUT2D eigenvalue weighted by Gasteiger charge is -2.36. The maximum absolute atomic E-state index is 13.3. The molecule has 1 aromatic rings. The summed E-state index contributed by atoms with van der Waals surface area (Å²) in [6.45, 7) is 6.49. The molecule has 1 aromatic carbocycles. The van der Waals surface area contributed by atoms with Crippen LogP contribution >= 0.6 is 11.6 Å². The van der Waals surface area contributed by atoms with Crippen LogP contribution in [0.3, 0.4) is 0 Å². The van der Waals surface area contributed by atoms with E-state index in [0.717, 1.165) is 30.8 Å². The summed E-state index contributed by atoms with van der Waals surface area (Å²) in [5.74, 6) is 0.328. The summed E-state index contributed by atoms with van der Waals surface area (Å²) in [6.07, 6.45) is 0.251. The highest BCUT2D eigenvalue weighted by Gasteiger charge is 2.24. The second-order valence-electron chi connectivity index (χ2n) is 4.99. The number of aryl methyl sites for hydroxylation is 1. The zero-order valence-corrected chi connectivity index (χ0v) is 11.6. The Morgan fingerprint density at radius 1 is 1.44 bits per heavy atom. The van der Waals surface area contributed by atoms with Gasteiger partial charge in [-0.15, -0.1) is 11.6 Å². The van der Waals surface area contributed by atoms with Gasteiger partial charge in [0, 0.05) is 25.5 Å². The third-order valence-electron chi connectivity index (χ3n) is 3.28. The van der Waals surface area contributed by atoms with Crippen LogP contribution in [-0.2, 0) is 11.3 Å². The molecule has 1 aliphatic rings. The number of ether oxygens (including phenoxy) is 1. The maximum atomic E-state index is 13.3. The Kier molecular flexibility index (Phi) is 4.60. The van der Waals surface area contributed by atoms with E-state index in [0.29, 0.717) is 5.88 Å². The number of rotatable bonds is 3. The molecule has 0 amide bonds. The van der Waals surface area contributed by atoms with Gasteiger partial charge in [-0.2, -0.15) is 0 Å². The van der Waals surface area contributed by atoms with Crippen molar-refractivity contribution in [3.05, 3.63) is 35.1 Å². The number of halogens is 2. The Morgan fingerprint density at radius 2 is 2.22 bits per heavy atom. The lowest BCUT2D eigenvalue weighted by Crippen LogP contribution is -2.46. The van der Waals surface area contributed by atoms with E-state index in [2.05, 4.69) is 4.90 Å². The summed E-state index contributed by atoms with van der Waals surface area (Å²) in [7, 11) is 0. The molecule has 0 saturated carbocycles. The molecule has 2 rings (SSSR count). The Morgan fingerprint density at radius 3 is 2.94 bits per heavy atom. The smallest absolute Gasteiger partial charge is 0.123 e. The van der Waals surface area contributed by atoms with Crippen LogP contribution < -0.4 is 0 Å². The second kappa shape index (κ2) is 6.00. The van der Waals surface area contributed by atoms with Crippen molar-refractivity contribution in [2.75, 3.05) is 19.0 Å². The molecule has 2 unspecified atom stereocenters. The minimum absolute atomic E-state index is 0.0734. The summed E-state index contributed by atoms with van der Waals surface area (Å²) < 4.78 is 19.0. The normalized spacial score (nSPS) is 25.3. The van der Waals surface area contributed by atoms with Gasteiger partial charge in [0.15, 0.2) is 0 Å². The molecule has 2 nitrogen and oxygen atoms in total. The fourth-order valence-electron chi connectivity index (χ4n) is 2.41. The predicted molar refractivity (Wildman–Crippen MR) is 71.5 cm³/mol. The quantitative estimate of drug-likeness (QED) is 0.784. The molecule has 18 heavy (non-hydrogen) atoms. The van der Waals surface area contributed by atoms with E-state index in [1.54, 1.807) is 6.07 Å². The molecule has 0 aromatic heterocycles. The highest BCUT2D eigenvalue weighted by atomic mass is 35.5.